The summed E-state index contributed by atoms with van der Waals surface area (Å²) in [5.41, 5.74) is 1.38. The van der Waals surface area contributed by atoms with Crippen molar-refractivity contribution in [2.45, 2.75) is 18.8 Å². The highest BCUT2D eigenvalue weighted by molar-refractivity contribution is 9.10. The fourth-order valence-electron chi connectivity index (χ4n) is 1.83. The van der Waals surface area contributed by atoms with Crippen LogP contribution in [0.15, 0.2) is 16.7 Å². The minimum absolute atomic E-state index is 0.106. The van der Waals surface area contributed by atoms with Crippen LogP contribution in [-0.4, -0.2) is 27.5 Å². The predicted molar refractivity (Wildman–Crippen MR) is 73.6 cm³/mol. The van der Waals surface area contributed by atoms with Gasteiger partial charge >= 0.3 is 0 Å². The lowest BCUT2D eigenvalue weighted by atomic mass is 10.3. The van der Waals surface area contributed by atoms with Crippen LogP contribution in [0.25, 0.3) is 11.2 Å². The van der Waals surface area contributed by atoms with Gasteiger partial charge in [-0.25, -0.2) is 9.97 Å². The van der Waals surface area contributed by atoms with Crippen LogP contribution in [0, 0.1) is 0 Å². The van der Waals surface area contributed by atoms with E-state index < -0.39 is 6.04 Å². The number of carbonyl (C=O) groups excluding carboxylic acids is 1. The first-order chi connectivity index (χ1) is 8.58. The number of nitrogens with zero attached hydrogens (tertiary/aromatic N) is 3. The average molecular weight is 332 g/mol. The maximum absolute atomic E-state index is 11.7. The molecule has 0 saturated heterocycles. The van der Waals surface area contributed by atoms with Gasteiger partial charge < -0.3 is 5.32 Å². The molecule has 0 aliphatic heterocycles. The number of aromatic nitrogens is 3. The van der Waals surface area contributed by atoms with Gasteiger partial charge in [0.25, 0.3) is 0 Å². The van der Waals surface area contributed by atoms with E-state index in [1.807, 2.05) is 6.07 Å². The minimum atomic E-state index is -0.401. The van der Waals surface area contributed by atoms with Crippen LogP contribution in [0.5, 0.6) is 0 Å². The van der Waals surface area contributed by atoms with Gasteiger partial charge in [0, 0.05) is 17.7 Å². The smallest absolute Gasteiger partial charge is 0.242 e. The van der Waals surface area contributed by atoms with Gasteiger partial charge in [-0.05, 0) is 28.9 Å². The normalized spacial score (nSPS) is 12.7. The lowest BCUT2D eigenvalue weighted by Crippen LogP contribution is -2.28. The van der Waals surface area contributed by atoms with Gasteiger partial charge in [-0.15, -0.1) is 11.6 Å². The summed E-state index contributed by atoms with van der Waals surface area (Å²) in [6, 6.07) is 1.45. The molecule has 1 N–H and O–H groups in total. The number of alkyl halides is 1. The number of amides is 1. The molecular weight excluding hydrogens is 320 g/mol. The van der Waals surface area contributed by atoms with Crippen molar-refractivity contribution in [1.82, 2.24) is 19.9 Å². The van der Waals surface area contributed by atoms with E-state index in [2.05, 4.69) is 31.2 Å². The Hall–Kier alpha value is -1.14. The molecule has 18 heavy (non-hydrogen) atoms. The number of likely N-dealkylation sites (N-methyl/N-ethyl adjacent to an activating group) is 1. The molecular formula is C11H12BrClN4O. The zero-order valence-electron chi connectivity index (χ0n) is 9.94. The van der Waals surface area contributed by atoms with Crippen LogP contribution in [0.1, 0.15) is 18.8 Å². The molecule has 0 radical (unpaired) electrons. The molecule has 96 valence electrons. The maximum atomic E-state index is 11.7. The monoisotopic (exact) mass is 330 g/mol. The van der Waals surface area contributed by atoms with E-state index in [0.29, 0.717) is 11.5 Å². The summed E-state index contributed by atoms with van der Waals surface area (Å²) < 4.78 is 2.60. The summed E-state index contributed by atoms with van der Waals surface area (Å²) in [6.07, 6.45) is 1.68. The Kier molecular flexibility index (Phi) is 3.87. The van der Waals surface area contributed by atoms with E-state index in [0.717, 1.165) is 9.99 Å². The zero-order valence-corrected chi connectivity index (χ0v) is 12.3. The van der Waals surface area contributed by atoms with Crippen LogP contribution in [-0.2, 0) is 10.7 Å². The standard InChI is InChI=1S/C11H12BrClN4O/c1-6(11(18)14-2)17-9(4-13)16-8-3-7(12)5-15-10(8)17/h3,5-6H,4H2,1-2H3,(H,14,18). The molecule has 2 rings (SSSR count). The highest BCUT2D eigenvalue weighted by atomic mass is 79.9. The number of carbonyl (C=O) groups is 1. The van der Waals surface area contributed by atoms with Crippen molar-refractivity contribution in [3.05, 3.63) is 22.6 Å². The van der Waals surface area contributed by atoms with Gasteiger partial charge in [0.15, 0.2) is 5.65 Å². The van der Waals surface area contributed by atoms with Gasteiger partial charge in [0.05, 0.1) is 5.88 Å². The SMILES string of the molecule is CNC(=O)C(C)n1c(CCl)nc2cc(Br)cnc21. The molecule has 0 aromatic carbocycles. The first-order valence-corrected chi connectivity index (χ1v) is 6.71. The van der Waals surface area contributed by atoms with Crippen LogP contribution in [0.2, 0.25) is 0 Å². The molecule has 2 heterocycles. The molecule has 2 aromatic heterocycles. The van der Waals surface area contributed by atoms with Crippen molar-refractivity contribution < 1.29 is 4.79 Å². The molecule has 5 nitrogen and oxygen atoms in total. The summed E-state index contributed by atoms with van der Waals surface area (Å²) in [5.74, 6) is 0.758. The lowest BCUT2D eigenvalue weighted by molar-refractivity contribution is -0.123. The summed E-state index contributed by atoms with van der Waals surface area (Å²) in [6.45, 7) is 1.79. The van der Waals surface area contributed by atoms with Gasteiger partial charge in [0.2, 0.25) is 5.91 Å². The number of rotatable bonds is 3. The Bertz CT molecular complexity index is 598. The molecule has 0 aliphatic carbocycles. The number of nitrogens with one attached hydrogen (secondary N) is 1. The number of hydrogen-bond acceptors (Lipinski definition) is 3. The van der Waals surface area contributed by atoms with Crippen molar-refractivity contribution in [2.24, 2.45) is 0 Å². The number of imidazole rings is 1. The summed E-state index contributed by atoms with van der Waals surface area (Å²) in [4.78, 5) is 20.4. The molecule has 0 bridgehead atoms. The summed E-state index contributed by atoms with van der Waals surface area (Å²) in [5, 5.41) is 2.61. The molecule has 7 heteroatoms. The van der Waals surface area contributed by atoms with Crippen molar-refractivity contribution in [1.29, 1.82) is 0 Å². The Morgan fingerprint density at radius 3 is 3.00 bits per heavy atom. The Balaban J connectivity index is 2.63. The average Bonchev–Trinajstić information content (AvgIpc) is 2.74. The lowest BCUT2D eigenvalue weighted by Gasteiger charge is -2.14. The second-order valence-electron chi connectivity index (χ2n) is 3.82. The van der Waals surface area contributed by atoms with Gasteiger partial charge in [-0.1, -0.05) is 0 Å². The predicted octanol–water partition coefficient (Wildman–Crippen LogP) is 2.24. The summed E-state index contributed by atoms with van der Waals surface area (Å²) in [7, 11) is 1.60. The first-order valence-electron chi connectivity index (χ1n) is 5.38. The number of hydrogen-bond donors (Lipinski definition) is 1. The van der Waals surface area contributed by atoms with Crippen LogP contribution >= 0.6 is 27.5 Å². The Morgan fingerprint density at radius 2 is 2.39 bits per heavy atom. The van der Waals surface area contributed by atoms with E-state index >= 15 is 0 Å². The molecule has 0 spiro atoms. The quantitative estimate of drug-likeness (QED) is 0.878. The molecule has 1 amide bonds. The van der Waals surface area contributed by atoms with Crippen molar-refractivity contribution in [3.63, 3.8) is 0 Å². The van der Waals surface area contributed by atoms with Gasteiger partial charge in [-0.3, -0.25) is 9.36 Å². The number of fused-ring (bicyclic) bond motifs is 1. The third kappa shape index (κ3) is 2.22. The van der Waals surface area contributed by atoms with Crippen molar-refractivity contribution in [3.8, 4) is 0 Å². The largest absolute Gasteiger partial charge is 0.357 e. The van der Waals surface area contributed by atoms with Gasteiger partial charge in [-0.2, -0.15) is 0 Å². The van der Waals surface area contributed by atoms with E-state index in [1.165, 1.54) is 0 Å². The fourth-order valence-corrected chi connectivity index (χ4v) is 2.34. The second-order valence-corrected chi connectivity index (χ2v) is 5.00. The van der Waals surface area contributed by atoms with E-state index in [-0.39, 0.29) is 11.8 Å². The van der Waals surface area contributed by atoms with E-state index in [4.69, 9.17) is 11.6 Å². The van der Waals surface area contributed by atoms with Crippen LogP contribution in [0.3, 0.4) is 0 Å². The van der Waals surface area contributed by atoms with Gasteiger partial charge in [0.1, 0.15) is 17.4 Å². The Morgan fingerprint density at radius 1 is 1.67 bits per heavy atom. The molecule has 1 unspecified atom stereocenters. The summed E-state index contributed by atoms with van der Waals surface area (Å²) >= 11 is 9.22. The minimum Gasteiger partial charge on any atom is -0.357 e. The van der Waals surface area contributed by atoms with Crippen LogP contribution < -0.4 is 5.32 Å². The second kappa shape index (κ2) is 5.24. The van der Waals surface area contributed by atoms with E-state index in [9.17, 15) is 4.79 Å². The molecule has 0 aliphatic rings. The highest BCUT2D eigenvalue weighted by Gasteiger charge is 2.21. The maximum Gasteiger partial charge on any atom is 0.242 e. The highest BCUT2D eigenvalue weighted by Crippen LogP contribution is 2.23. The molecule has 1 atom stereocenters. The first kappa shape index (κ1) is 13.3. The fraction of sp³-hybridized carbons (Fsp3) is 0.364. The molecule has 0 saturated carbocycles. The Labute approximate surface area is 118 Å². The van der Waals surface area contributed by atoms with Crippen molar-refractivity contribution in [2.75, 3.05) is 7.05 Å². The van der Waals surface area contributed by atoms with Crippen molar-refractivity contribution >= 4 is 44.6 Å². The molecule has 0 fully saturated rings. The third-order valence-corrected chi connectivity index (χ3v) is 3.38. The number of pyridine rings is 1. The topological polar surface area (TPSA) is 59.8 Å². The molecule has 2 aromatic rings. The zero-order chi connectivity index (χ0) is 13.3. The van der Waals surface area contributed by atoms with E-state index in [1.54, 1.807) is 24.7 Å². The van der Waals surface area contributed by atoms with Crippen LogP contribution in [0.4, 0.5) is 0 Å². The number of halogens is 2. The third-order valence-electron chi connectivity index (χ3n) is 2.70.